The number of carbonyl (C=O) groups excluding carboxylic acids is 1. The Kier molecular flexibility index (Phi) is 3.97. The first kappa shape index (κ1) is 16.7. The van der Waals surface area contributed by atoms with Crippen molar-refractivity contribution in [3.8, 4) is 5.69 Å². The Hall–Kier alpha value is -2.77. The van der Waals surface area contributed by atoms with Crippen LogP contribution in [0, 0.1) is 17.6 Å². The summed E-state index contributed by atoms with van der Waals surface area (Å²) in [6, 6.07) is 3.66. The quantitative estimate of drug-likeness (QED) is 0.875. The molecule has 0 atom stereocenters. The number of aromatic nitrogens is 2. The van der Waals surface area contributed by atoms with E-state index in [1.54, 1.807) is 0 Å². The van der Waals surface area contributed by atoms with Gasteiger partial charge in [0.2, 0.25) is 0 Å². The molecule has 1 saturated carbocycles. The lowest BCUT2D eigenvalue weighted by Gasteiger charge is -2.32. The van der Waals surface area contributed by atoms with Crippen LogP contribution in [0.4, 0.5) is 8.78 Å². The fraction of sp³-hybridized carbons (Fsp3) is 0.389. The maximum atomic E-state index is 14.2. The van der Waals surface area contributed by atoms with E-state index in [9.17, 15) is 18.4 Å². The molecule has 136 valence electrons. The van der Waals surface area contributed by atoms with Crippen molar-refractivity contribution in [3.63, 3.8) is 0 Å². The summed E-state index contributed by atoms with van der Waals surface area (Å²) in [6.07, 6.45) is 2.88. The molecule has 26 heavy (non-hydrogen) atoms. The van der Waals surface area contributed by atoms with Crippen molar-refractivity contribution < 1.29 is 23.5 Å². The molecule has 2 aliphatic carbocycles. The second-order valence-electron chi connectivity index (χ2n) is 6.79. The first-order chi connectivity index (χ1) is 12.5. The summed E-state index contributed by atoms with van der Waals surface area (Å²) in [5, 5.41) is 16.0. The Morgan fingerprint density at radius 3 is 2.73 bits per heavy atom. The zero-order valence-electron chi connectivity index (χ0n) is 13.8. The monoisotopic (exact) mass is 361 g/mol. The van der Waals surface area contributed by atoms with E-state index in [1.165, 1.54) is 16.8 Å². The van der Waals surface area contributed by atoms with E-state index in [0.29, 0.717) is 25.7 Å². The Labute approximate surface area is 147 Å². The van der Waals surface area contributed by atoms with Crippen molar-refractivity contribution in [2.45, 2.75) is 38.1 Å². The number of nitrogens with zero attached hydrogens (tertiary/aromatic N) is 2. The van der Waals surface area contributed by atoms with Gasteiger partial charge in [0.25, 0.3) is 5.91 Å². The number of carbonyl (C=O) groups is 2. The smallest absolute Gasteiger partial charge is 0.306 e. The van der Waals surface area contributed by atoms with Crippen LogP contribution in [-0.4, -0.2) is 32.8 Å². The van der Waals surface area contributed by atoms with Crippen molar-refractivity contribution in [3.05, 3.63) is 46.8 Å². The fourth-order valence-electron chi connectivity index (χ4n) is 3.67. The topological polar surface area (TPSA) is 84.2 Å². The number of fused-ring (bicyclic) bond motifs is 1. The molecule has 2 aromatic rings. The van der Waals surface area contributed by atoms with Crippen molar-refractivity contribution in [1.82, 2.24) is 15.1 Å². The van der Waals surface area contributed by atoms with Gasteiger partial charge in [-0.15, -0.1) is 0 Å². The maximum Gasteiger partial charge on any atom is 0.306 e. The Bertz CT molecular complexity index is 903. The van der Waals surface area contributed by atoms with Crippen molar-refractivity contribution >= 4 is 11.9 Å². The number of aliphatic carboxylic acids is 1. The van der Waals surface area contributed by atoms with Gasteiger partial charge in [-0.1, -0.05) is 6.07 Å². The van der Waals surface area contributed by atoms with E-state index >= 15 is 0 Å². The summed E-state index contributed by atoms with van der Waals surface area (Å²) < 4.78 is 29.0. The van der Waals surface area contributed by atoms with Gasteiger partial charge in [0, 0.05) is 17.3 Å². The van der Waals surface area contributed by atoms with Crippen LogP contribution in [0.5, 0.6) is 0 Å². The largest absolute Gasteiger partial charge is 0.481 e. The Morgan fingerprint density at radius 1 is 1.23 bits per heavy atom. The average Bonchev–Trinajstić information content (AvgIpc) is 3.15. The summed E-state index contributed by atoms with van der Waals surface area (Å²) in [5.74, 6) is -3.65. The summed E-state index contributed by atoms with van der Waals surface area (Å²) in [6.45, 7) is 0. The third-order valence-electron chi connectivity index (χ3n) is 5.13. The molecule has 4 rings (SSSR count). The molecule has 1 heterocycles. The third-order valence-corrected chi connectivity index (χ3v) is 5.13. The van der Waals surface area contributed by atoms with Gasteiger partial charge in [-0.05, 0) is 44.2 Å². The van der Waals surface area contributed by atoms with Gasteiger partial charge in [-0.2, -0.15) is 5.10 Å². The molecule has 0 unspecified atom stereocenters. The van der Waals surface area contributed by atoms with Crippen LogP contribution in [-0.2, 0) is 17.6 Å². The van der Waals surface area contributed by atoms with Crippen LogP contribution in [0.2, 0.25) is 0 Å². The fourth-order valence-corrected chi connectivity index (χ4v) is 3.67. The first-order valence-electron chi connectivity index (χ1n) is 8.54. The number of halogens is 2. The van der Waals surface area contributed by atoms with Gasteiger partial charge in [0.05, 0.1) is 5.92 Å². The minimum Gasteiger partial charge on any atom is -0.481 e. The van der Waals surface area contributed by atoms with E-state index in [-0.39, 0.29) is 17.4 Å². The molecule has 8 heteroatoms. The number of hydrogen-bond donors (Lipinski definition) is 2. The first-order valence-corrected chi connectivity index (χ1v) is 8.54. The second kappa shape index (κ2) is 6.19. The number of benzene rings is 1. The normalized spacial score (nSPS) is 21.2. The highest BCUT2D eigenvalue weighted by Gasteiger charge is 2.37. The molecule has 1 fully saturated rings. The lowest BCUT2D eigenvalue weighted by Crippen LogP contribution is -2.47. The zero-order valence-corrected chi connectivity index (χ0v) is 13.8. The van der Waals surface area contributed by atoms with E-state index < -0.39 is 29.4 Å². The predicted octanol–water partition coefficient (Wildman–Crippen LogP) is 2.23. The zero-order chi connectivity index (χ0) is 18.4. The van der Waals surface area contributed by atoms with Crippen LogP contribution in [0.1, 0.15) is 41.0 Å². The van der Waals surface area contributed by atoms with Crippen LogP contribution < -0.4 is 5.32 Å². The molecule has 0 radical (unpaired) electrons. The minimum atomic E-state index is -1.00. The molecule has 6 nitrogen and oxygen atoms in total. The molecular formula is C18H17F2N3O3. The van der Waals surface area contributed by atoms with Gasteiger partial charge >= 0.3 is 5.97 Å². The highest BCUT2D eigenvalue weighted by atomic mass is 19.2. The molecule has 1 aromatic carbocycles. The molecule has 0 spiro atoms. The highest BCUT2D eigenvalue weighted by Crippen LogP contribution is 2.31. The van der Waals surface area contributed by atoms with Crippen LogP contribution >= 0.6 is 0 Å². The van der Waals surface area contributed by atoms with Gasteiger partial charge in [0.15, 0.2) is 17.3 Å². The van der Waals surface area contributed by atoms with Crippen LogP contribution in [0.25, 0.3) is 5.69 Å². The molecule has 1 amide bonds. The van der Waals surface area contributed by atoms with Crippen molar-refractivity contribution in [2.75, 3.05) is 0 Å². The molecule has 2 N–H and O–H groups in total. The van der Waals surface area contributed by atoms with Gasteiger partial charge in [-0.3, -0.25) is 9.59 Å². The number of amides is 1. The maximum absolute atomic E-state index is 14.2. The molecule has 0 saturated heterocycles. The van der Waals surface area contributed by atoms with E-state index in [0.717, 1.165) is 23.7 Å². The van der Waals surface area contributed by atoms with E-state index in [2.05, 4.69) is 10.4 Å². The standard InChI is InChI=1S/C18H17F2N3O3/c19-12-4-2-6-14(15(12)20)23-13-5-1-3-11(13)16(22-23)17(24)21-10-7-9(8-10)18(25)26/h2,4,6,9-10H,1,3,5,7-8H2,(H,21,24)(H,25,26). The highest BCUT2D eigenvalue weighted by molar-refractivity contribution is 5.94. The average molecular weight is 361 g/mol. The van der Waals surface area contributed by atoms with Crippen LogP contribution in [0.15, 0.2) is 18.2 Å². The third kappa shape index (κ3) is 2.65. The SMILES string of the molecule is O=C(NC1CC(C(=O)O)C1)c1nn(-c2cccc(F)c2F)c2c1CCC2. The molecule has 1 aromatic heterocycles. The molecular weight excluding hydrogens is 344 g/mol. The number of carboxylic acid groups (broad SMARTS) is 1. The number of hydrogen-bond acceptors (Lipinski definition) is 3. The second-order valence-corrected chi connectivity index (χ2v) is 6.79. The Balaban J connectivity index is 1.61. The predicted molar refractivity (Wildman–Crippen MR) is 87.1 cm³/mol. The number of nitrogens with one attached hydrogen (secondary N) is 1. The van der Waals surface area contributed by atoms with Gasteiger partial charge < -0.3 is 10.4 Å². The lowest BCUT2D eigenvalue weighted by molar-refractivity contribution is -0.145. The van der Waals surface area contributed by atoms with Gasteiger partial charge in [-0.25, -0.2) is 13.5 Å². The lowest BCUT2D eigenvalue weighted by atomic mass is 9.80. The summed E-state index contributed by atoms with van der Waals surface area (Å²) in [5.41, 5.74) is 1.66. The number of rotatable bonds is 4. The van der Waals surface area contributed by atoms with Gasteiger partial charge in [0.1, 0.15) is 5.69 Å². The molecule has 0 aliphatic heterocycles. The van der Waals surface area contributed by atoms with E-state index in [1.807, 2.05) is 0 Å². The van der Waals surface area contributed by atoms with Crippen molar-refractivity contribution in [2.24, 2.45) is 5.92 Å². The Morgan fingerprint density at radius 2 is 2.00 bits per heavy atom. The van der Waals surface area contributed by atoms with Crippen molar-refractivity contribution in [1.29, 1.82) is 0 Å². The number of carboxylic acids is 1. The molecule has 2 aliphatic rings. The van der Waals surface area contributed by atoms with Crippen LogP contribution in [0.3, 0.4) is 0 Å². The summed E-state index contributed by atoms with van der Waals surface area (Å²) in [7, 11) is 0. The molecule has 0 bridgehead atoms. The minimum absolute atomic E-state index is 0.0169. The van der Waals surface area contributed by atoms with E-state index in [4.69, 9.17) is 5.11 Å². The summed E-state index contributed by atoms with van der Waals surface area (Å²) in [4.78, 5) is 23.4. The summed E-state index contributed by atoms with van der Waals surface area (Å²) >= 11 is 0.